The van der Waals surface area contributed by atoms with Crippen molar-refractivity contribution in [1.82, 2.24) is 0 Å². The number of benzene rings is 2. The number of hydrogen-bond acceptors (Lipinski definition) is 5. The summed E-state index contributed by atoms with van der Waals surface area (Å²) in [4.78, 5) is 0. The van der Waals surface area contributed by atoms with Crippen molar-refractivity contribution in [3.8, 4) is 23.0 Å². The summed E-state index contributed by atoms with van der Waals surface area (Å²) in [5.74, 6) is 1.32. The van der Waals surface area contributed by atoms with E-state index in [1.54, 1.807) is 13.0 Å². The predicted octanol–water partition coefficient (Wildman–Crippen LogP) is 3.42. The predicted molar refractivity (Wildman–Crippen MR) is 92.0 cm³/mol. The summed E-state index contributed by atoms with van der Waals surface area (Å²) in [6.07, 6.45) is 0. The van der Waals surface area contributed by atoms with Crippen molar-refractivity contribution in [3.05, 3.63) is 40.5 Å². The number of rotatable bonds is 4. The zero-order valence-electron chi connectivity index (χ0n) is 13.9. The third-order valence-electron chi connectivity index (χ3n) is 3.78. The quantitative estimate of drug-likeness (QED) is 0.827. The highest BCUT2D eigenvalue weighted by Gasteiger charge is 2.25. The number of phenolic OH excluding ortho intramolecular Hbond substituents is 1. The minimum atomic E-state index is -1.91. The molecular weight excluding hydrogens is 330 g/mol. The van der Waals surface area contributed by atoms with E-state index in [-0.39, 0.29) is 18.2 Å². The van der Waals surface area contributed by atoms with Crippen molar-refractivity contribution in [2.75, 3.05) is 11.5 Å². The van der Waals surface area contributed by atoms with Crippen LogP contribution in [0, 0.1) is 27.7 Å². The Kier molecular flexibility index (Phi) is 4.28. The van der Waals surface area contributed by atoms with Crippen LogP contribution in [0.25, 0.3) is 0 Å². The van der Waals surface area contributed by atoms with E-state index in [0.717, 1.165) is 16.7 Å². The Balaban J connectivity index is 1.87. The second-order valence-electron chi connectivity index (χ2n) is 5.80. The highest BCUT2D eigenvalue weighted by atomic mass is 32.2. The second-order valence-corrected chi connectivity index (χ2v) is 6.64. The van der Waals surface area contributed by atoms with Crippen molar-refractivity contribution >= 4 is 17.0 Å². The highest BCUT2D eigenvalue weighted by molar-refractivity contribution is 7.82. The summed E-state index contributed by atoms with van der Waals surface area (Å²) in [5.41, 5.74) is 3.67. The van der Waals surface area contributed by atoms with Crippen LogP contribution in [0.15, 0.2) is 18.2 Å². The molecular formula is C17H19NO5S. The minimum Gasteiger partial charge on any atom is -0.505 e. The molecule has 0 aliphatic carbocycles. The minimum absolute atomic E-state index is 0.0476. The lowest BCUT2D eigenvalue weighted by atomic mass is 10.1. The van der Waals surface area contributed by atoms with E-state index >= 15 is 0 Å². The van der Waals surface area contributed by atoms with Gasteiger partial charge < -0.3 is 18.8 Å². The molecule has 0 aromatic heterocycles. The average Bonchev–Trinajstić information content (AvgIpc) is 2.95. The van der Waals surface area contributed by atoms with Gasteiger partial charge in [-0.25, -0.2) is 0 Å². The molecule has 24 heavy (non-hydrogen) atoms. The molecule has 1 atom stereocenters. The molecule has 1 heterocycles. The maximum Gasteiger partial charge on any atom is 0.316 e. The molecule has 7 heteroatoms. The number of aromatic hydroxyl groups is 1. The third-order valence-corrected chi connectivity index (χ3v) is 4.46. The van der Waals surface area contributed by atoms with E-state index in [1.165, 1.54) is 0 Å². The normalized spacial score (nSPS) is 13.7. The van der Waals surface area contributed by atoms with Crippen LogP contribution in [0.1, 0.15) is 22.3 Å². The van der Waals surface area contributed by atoms with Gasteiger partial charge in [0.1, 0.15) is 17.2 Å². The Morgan fingerprint density at radius 1 is 1.08 bits per heavy atom. The summed E-state index contributed by atoms with van der Waals surface area (Å²) in [7, 11) is 0. The fourth-order valence-corrected chi connectivity index (χ4v) is 3.55. The summed E-state index contributed by atoms with van der Waals surface area (Å²) in [6, 6.07) is 5.58. The summed E-state index contributed by atoms with van der Waals surface area (Å²) in [6.45, 7) is 7.55. The largest absolute Gasteiger partial charge is 0.505 e. The van der Waals surface area contributed by atoms with Crippen molar-refractivity contribution in [1.29, 1.82) is 0 Å². The number of hydrogen-bond donors (Lipinski definition) is 2. The maximum absolute atomic E-state index is 12.4. The summed E-state index contributed by atoms with van der Waals surface area (Å²) in [5, 5.41) is 10.2. The SMILES string of the molecule is Cc1cc(C)c(OS(=O)Nc2c(O)c(C)cc3c2OCO3)c(C)c1. The number of ether oxygens (including phenoxy) is 2. The number of anilines is 1. The molecule has 2 aromatic rings. The summed E-state index contributed by atoms with van der Waals surface area (Å²) < 4.78 is 31.3. The van der Waals surface area contributed by atoms with Crippen LogP contribution in [-0.4, -0.2) is 16.1 Å². The van der Waals surface area contributed by atoms with Crippen LogP contribution in [0.4, 0.5) is 5.69 Å². The van der Waals surface area contributed by atoms with Crippen molar-refractivity contribution in [2.45, 2.75) is 27.7 Å². The molecule has 0 radical (unpaired) electrons. The molecule has 0 saturated heterocycles. The van der Waals surface area contributed by atoms with Gasteiger partial charge in [0.25, 0.3) is 0 Å². The fourth-order valence-electron chi connectivity index (χ4n) is 2.73. The van der Waals surface area contributed by atoms with Crippen LogP contribution < -0.4 is 18.4 Å². The van der Waals surface area contributed by atoms with Crippen LogP contribution in [0.5, 0.6) is 23.0 Å². The van der Waals surface area contributed by atoms with Crippen LogP contribution in [-0.2, 0) is 11.3 Å². The van der Waals surface area contributed by atoms with E-state index < -0.39 is 11.3 Å². The van der Waals surface area contributed by atoms with Gasteiger partial charge >= 0.3 is 11.3 Å². The van der Waals surface area contributed by atoms with Crippen LogP contribution in [0.2, 0.25) is 0 Å². The molecule has 0 bridgehead atoms. The Morgan fingerprint density at radius 2 is 1.75 bits per heavy atom. The Morgan fingerprint density at radius 3 is 2.42 bits per heavy atom. The second kappa shape index (κ2) is 6.24. The molecule has 6 nitrogen and oxygen atoms in total. The molecule has 0 amide bonds. The summed E-state index contributed by atoms with van der Waals surface area (Å²) >= 11 is -1.91. The lowest BCUT2D eigenvalue weighted by molar-refractivity contribution is 0.174. The monoisotopic (exact) mass is 349 g/mol. The van der Waals surface area contributed by atoms with Gasteiger partial charge in [0.15, 0.2) is 11.5 Å². The molecule has 0 fully saturated rings. The van der Waals surface area contributed by atoms with Crippen molar-refractivity contribution < 1.29 is 23.0 Å². The zero-order valence-corrected chi connectivity index (χ0v) is 14.7. The van der Waals surface area contributed by atoms with Gasteiger partial charge in [0, 0.05) is 0 Å². The number of nitrogens with one attached hydrogen (secondary N) is 1. The van der Waals surface area contributed by atoms with Gasteiger partial charge in [0.05, 0.1) is 0 Å². The van der Waals surface area contributed by atoms with Crippen molar-refractivity contribution in [3.63, 3.8) is 0 Å². The Hall–Kier alpha value is -2.41. The van der Waals surface area contributed by atoms with Gasteiger partial charge in [-0.1, -0.05) is 17.7 Å². The molecule has 2 N–H and O–H groups in total. The molecule has 0 spiro atoms. The van der Waals surface area contributed by atoms with Gasteiger partial charge in [-0.2, -0.15) is 4.21 Å². The first-order valence-electron chi connectivity index (χ1n) is 7.43. The number of fused-ring (bicyclic) bond motifs is 1. The van der Waals surface area contributed by atoms with Gasteiger partial charge in [-0.15, -0.1) is 0 Å². The van der Waals surface area contributed by atoms with Gasteiger partial charge in [-0.05, 0) is 50.5 Å². The number of aryl methyl sites for hydroxylation is 4. The van der Waals surface area contributed by atoms with E-state index in [9.17, 15) is 9.32 Å². The molecule has 1 aliphatic rings. The standard InChI is InChI=1S/C17H19NO5S/c1-9-5-11(3)16(12(4)6-9)23-24(20)18-14-15(19)10(2)7-13-17(14)22-8-21-13/h5-7,18-19H,8H2,1-4H3. The molecule has 3 rings (SSSR count). The number of phenols is 1. The van der Waals surface area contributed by atoms with Gasteiger partial charge in [0.2, 0.25) is 6.79 Å². The van der Waals surface area contributed by atoms with Crippen molar-refractivity contribution in [2.24, 2.45) is 0 Å². The van der Waals surface area contributed by atoms with E-state index in [1.807, 2.05) is 32.9 Å². The first-order valence-corrected chi connectivity index (χ1v) is 8.51. The van der Waals surface area contributed by atoms with E-state index in [0.29, 0.717) is 22.8 Å². The van der Waals surface area contributed by atoms with Crippen LogP contribution >= 0.6 is 0 Å². The van der Waals surface area contributed by atoms with Crippen LogP contribution in [0.3, 0.4) is 0 Å². The average molecular weight is 349 g/mol. The third kappa shape index (κ3) is 2.99. The van der Waals surface area contributed by atoms with Gasteiger partial charge in [-0.3, -0.25) is 4.72 Å². The Labute approximate surface area is 143 Å². The lowest BCUT2D eigenvalue weighted by Gasteiger charge is -2.15. The maximum atomic E-state index is 12.4. The molecule has 1 aliphatic heterocycles. The molecule has 2 aromatic carbocycles. The van der Waals surface area contributed by atoms with E-state index in [4.69, 9.17) is 13.7 Å². The first kappa shape index (κ1) is 16.4. The first-order chi connectivity index (χ1) is 11.4. The topological polar surface area (TPSA) is 77.0 Å². The lowest BCUT2D eigenvalue weighted by Crippen LogP contribution is -2.13. The molecule has 0 saturated carbocycles. The smallest absolute Gasteiger partial charge is 0.316 e. The molecule has 1 unspecified atom stereocenters. The molecule has 128 valence electrons. The van der Waals surface area contributed by atoms with E-state index in [2.05, 4.69) is 4.72 Å². The zero-order chi connectivity index (χ0) is 17.4. The fraction of sp³-hybridized carbons (Fsp3) is 0.294. The Bertz CT molecular complexity index is 811. The highest BCUT2D eigenvalue weighted by Crippen LogP contribution is 2.46.